The summed E-state index contributed by atoms with van der Waals surface area (Å²) in [6, 6.07) is 12.9. The van der Waals surface area contributed by atoms with Crippen molar-refractivity contribution in [3.63, 3.8) is 0 Å². The van der Waals surface area contributed by atoms with Crippen molar-refractivity contribution in [1.82, 2.24) is 5.32 Å². The van der Waals surface area contributed by atoms with Crippen molar-refractivity contribution < 1.29 is 14.3 Å². The van der Waals surface area contributed by atoms with E-state index in [1.54, 1.807) is 31.4 Å². The number of hydrogen-bond donors (Lipinski definition) is 3. The largest absolute Gasteiger partial charge is 0.383 e. The molecule has 0 unspecified atom stereocenters. The molecule has 0 aliphatic carbocycles. The maximum atomic E-state index is 12.1. The number of ether oxygens (including phenoxy) is 1. The lowest BCUT2D eigenvalue weighted by Gasteiger charge is -2.11. The normalized spacial score (nSPS) is 10.3. The van der Waals surface area contributed by atoms with E-state index in [0.29, 0.717) is 18.7 Å². The van der Waals surface area contributed by atoms with E-state index < -0.39 is 0 Å². The molecule has 0 atom stereocenters. The van der Waals surface area contributed by atoms with Crippen LogP contribution in [0.5, 0.6) is 0 Å². The van der Waals surface area contributed by atoms with Gasteiger partial charge in [-0.05, 0) is 55.3 Å². The van der Waals surface area contributed by atoms with Crippen molar-refractivity contribution in [2.75, 3.05) is 37.4 Å². The molecule has 0 bridgehead atoms. The van der Waals surface area contributed by atoms with Gasteiger partial charge >= 0.3 is 0 Å². The molecule has 6 heteroatoms. The number of benzene rings is 2. The molecule has 3 N–H and O–H groups in total. The highest BCUT2D eigenvalue weighted by atomic mass is 16.5. The third-order valence-electron chi connectivity index (χ3n) is 3.86. The summed E-state index contributed by atoms with van der Waals surface area (Å²) in [5.74, 6) is -0.277. The third kappa shape index (κ3) is 5.89. The minimum absolute atomic E-state index is 0.125. The SMILES string of the molecule is COCCNC(=O)c1ccc(NCC(=O)Nc2cc(C)ccc2C)cc1. The molecule has 0 radical (unpaired) electrons. The van der Waals surface area contributed by atoms with Crippen LogP contribution in [0.15, 0.2) is 42.5 Å². The quantitative estimate of drug-likeness (QED) is 0.636. The predicted molar refractivity (Wildman–Crippen MR) is 104 cm³/mol. The van der Waals surface area contributed by atoms with E-state index in [1.807, 2.05) is 32.0 Å². The molecule has 2 rings (SSSR count). The van der Waals surface area contributed by atoms with Crippen LogP contribution in [0.1, 0.15) is 21.5 Å². The van der Waals surface area contributed by atoms with Crippen LogP contribution in [0.4, 0.5) is 11.4 Å². The Labute approximate surface area is 153 Å². The van der Waals surface area contributed by atoms with Crippen molar-refractivity contribution in [3.8, 4) is 0 Å². The summed E-state index contributed by atoms with van der Waals surface area (Å²) in [4.78, 5) is 24.0. The molecular weight excluding hydrogens is 330 g/mol. The van der Waals surface area contributed by atoms with E-state index in [0.717, 1.165) is 22.5 Å². The summed E-state index contributed by atoms with van der Waals surface area (Å²) in [6.07, 6.45) is 0. The summed E-state index contributed by atoms with van der Waals surface area (Å²) in [5.41, 5.74) is 4.27. The number of anilines is 2. The van der Waals surface area contributed by atoms with Gasteiger partial charge in [-0.15, -0.1) is 0 Å². The second-order valence-corrected chi connectivity index (χ2v) is 6.05. The van der Waals surface area contributed by atoms with E-state index in [4.69, 9.17) is 4.74 Å². The molecule has 0 aromatic heterocycles. The Kier molecular flexibility index (Phi) is 7.17. The summed E-state index contributed by atoms with van der Waals surface area (Å²) in [6.45, 7) is 5.03. The molecule has 0 aliphatic heterocycles. The van der Waals surface area contributed by atoms with Crippen molar-refractivity contribution >= 4 is 23.2 Å². The molecule has 0 saturated heterocycles. The lowest BCUT2D eigenvalue weighted by Crippen LogP contribution is -2.26. The number of amides is 2. The number of carbonyl (C=O) groups is 2. The molecule has 26 heavy (non-hydrogen) atoms. The smallest absolute Gasteiger partial charge is 0.251 e. The van der Waals surface area contributed by atoms with Gasteiger partial charge in [0.25, 0.3) is 5.91 Å². The Morgan fingerprint density at radius 1 is 1.04 bits per heavy atom. The van der Waals surface area contributed by atoms with E-state index >= 15 is 0 Å². The summed E-state index contributed by atoms with van der Waals surface area (Å²) < 4.78 is 4.90. The van der Waals surface area contributed by atoms with Gasteiger partial charge in [0.15, 0.2) is 0 Å². The van der Waals surface area contributed by atoms with Gasteiger partial charge in [0.2, 0.25) is 5.91 Å². The molecule has 138 valence electrons. The molecule has 6 nitrogen and oxygen atoms in total. The zero-order valence-corrected chi connectivity index (χ0v) is 15.4. The van der Waals surface area contributed by atoms with E-state index in [1.165, 1.54) is 0 Å². The van der Waals surface area contributed by atoms with Crippen LogP contribution < -0.4 is 16.0 Å². The van der Waals surface area contributed by atoms with Gasteiger partial charge in [0, 0.05) is 30.6 Å². The minimum Gasteiger partial charge on any atom is -0.383 e. The monoisotopic (exact) mass is 355 g/mol. The number of hydrogen-bond acceptors (Lipinski definition) is 4. The van der Waals surface area contributed by atoms with Crippen LogP contribution in [0.3, 0.4) is 0 Å². The van der Waals surface area contributed by atoms with Crippen LogP contribution in [-0.2, 0) is 9.53 Å². The standard InChI is InChI=1S/C20H25N3O3/c1-14-4-5-15(2)18(12-14)23-19(24)13-22-17-8-6-16(7-9-17)20(25)21-10-11-26-3/h4-9,12,22H,10-11,13H2,1-3H3,(H,21,25)(H,23,24). The zero-order valence-electron chi connectivity index (χ0n) is 15.4. The number of carbonyl (C=O) groups excluding carboxylic acids is 2. The van der Waals surface area contributed by atoms with Gasteiger partial charge in [0.05, 0.1) is 13.2 Å². The number of methoxy groups -OCH3 is 1. The number of rotatable bonds is 8. The second kappa shape index (κ2) is 9.58. The van der Waals surface area contributed by atoms with E-state index in [-0.39, 0.29) is 18.4 Å². The molecule has 2 aromatic rings. The van der Waals surface area contributed by atoms with E-state index in [2.05, 4.69) is 16.0 Å². The zero-order chi connectivity index (χ0) is 18.9. The minimum atomic E-state index is -0.152. The lowest BCUT2D eigenvalue weighted by atomic mass is 10.1. The van der Waals surface area contributed by atoms with Crippen molar-refractivity contribution in [1.29, 1.82) is 0 Å². The fraction of sp³-hybridized carbons (Fsp3) is 0.300. The molecule has 0 saturated carbocycles. The van der Waals surface area contributed by atoms with Gasteiger partial charge < -0.3 is 20.7 Å². The Balaban J connectivity index is 1.84. The van der Waals surface area contributed by atoms with Crippen LogP contribution >= 0.6 is 0 Å². The third-order valence-corrected chi connectivity index (χ3v) is 3.86. The lowest BCUT2D eigenvalue weighted by molar-refractivity contribution is -0.114. The Bertz CT molecular complexity index is 757. The number of nitrogens with one attached hydrogen (secondary N) is 3. The van der Waals surface area contributed by atoms with Gasteiger partial charge in [-0.3, -0.25) is 9.59 Å². The van der Waals surface area contributed by atoms with Crippen LogP contribution in [0.2, 0.25) is 0 Å². The summed E-state index contributed by atoms with van der Waals surface area (Å²) >= 11 is 0. The van der Waals surface area contributed by atoms with E-state index in [9.17, 15) is 9.59 Å². The molecular formula is C20H25N3O3. The highest BCUT2D eigenvalue weighted by molar-refractivity contribution is 5.95. The van der Waals surface area contributed by atoms with Gasteiger partial charge in [-0.25, -0.2) is 0 Å². The molecule has 0 spiro atoms. The van der Waals surface area contributed by atoms with Crippen molar-refractivity contribution in [2.45, 2.75) is 13.8 Å². The first kappa shape index (κ1) is 19.5. The maximum absolute atomic E-state index is 12.1. The molecule has 0 fully saturated rings. The van der Waals surface area contributed by atoms with Crippen LogP contribution in [0, 0.1) is 13.8 Å². The topological polar surface area (TPSA) is 79.5 Å². The summed E-state index contributed by atoms with van der Waals surface area (Å²) in [7, 11) is 1.59. The first-order valence-electron chi connectivity index (χ1n) is 8.48. The van der Waals surface area contributed by atoms with Crippen LogP contribution in [-0.4, -0.2) is 38.6 Å². The Hall–Kier alpha value is -2.86. The van der Waals surface area contributed by atoms with Crippen molar-refractivity contribution in [3.05, 3.63) is 59.2 Å². The van der Waals surface area contributed by atoms with Gasteiger partial charge in [-0.1, -0.05) is 12.1 Å². The predicted octanol–water partition coefficient (Wildman–Crippen LogP) is 2.73. The molecule has 0 heterocycles. The average Bonchev–Trinajstić information content (AvgIpc) is 2.63. The Morgan fingerprint density at radius 3 is 2.46 bits per heavy atom. The molecule has 2 aromatic carbocycles. The first-order chi connectivity index (χ1) is 12.5. The molecule has 2 amide bonds. The highest BCUT2D eigenvalue weighted by Gasteiger charge is 2.07. The van der Waals surface area contributed by atoms with Gasteiger partial charge in [-0.2, -0.15) is 0 Å². The summed E-state index contributed by atoms with van der Waals surface area (Å²) in [5, 5.41) is 8.71. The average molecular weight is 355 g/mol. The fourth-order valence-electron chi connectivity index (χ4n) is 2.36. The second-order valence-electron chi connectivity index (χ2n) is 6.05. The Morgan fingerprint density at radius 2 is 1.77 bits per heavy atom. The van der Waals surface area contributed by atoms with Crippen molar-refractivity contribution in [2.24, 2.45) is 0 Å². The molecule has 0 aliphatic rings. The highest BCUT2D eigenvalue weighted by Crippen LogP contribution is 2.16. The first-order valence-corrected chi connectivity index (χ1v) is 8.48. The maximum Gasteiger partial charge on any atom is 0.251 e. The van der Waals surface area contributed by atoms with Crippen LogP contribution in [0.25, 0.3) is 0 Å². The van der Waals surface area contributed by atoms with Gasteiger partial charge in [0.1, 0.15) is 0 Å². The fourth-order valence-corrected chi connectivity index (χ4v) is 2.36. The number of aryl methyl sites for hydroxylation is 2.